The highest BCUT2D eigenvalue weighted by molar-refractivity contribution is 14.1. The normalized spacial score (nSPS) is 10.3. The van der Waals surface area contributed by atoms with E-state index in [9.17, 15) is 4.79 Å². The van der Waals surface area contributed by atoms with Crippen molar-refractivity contribution in [1.29, 1.82) is 0 Å². The van der Waals surface area contributed by atoms with Gasteiger partial charge in [0.25, 0.3) is 5.91 Å². The van der Waals surface area contributed by atoms with Crippen molar-refractivity contribution in [2.45, 2.75) is 6.54 Å². The number of hydrogen-bond acceptors (Lipinski definition) is 2. The summed E-state index contributed by atoms with van der Waals surface area (Å²) in [5, 5.41) is 3.42. The lowest BCUT2D eigenvalue weighted by atomic mass is 10.2. The molecule has 0 spiro atoms. The molecule has 2 aromatic rings. The van der Waals surface area contributed by atoms with Crippen LogP contribution >= 0.6 is 34.2 Å². The average Bonchev–Trinajstić information content (AvgIpc) is 2.85. The van der Waals surface area contributed by atoms with Crippen molar-refractivity contribution in [2.75, 3.05) is 6.54 Å². The molecule has 0 fully saturated rings. The minimum Gasteiger partial charge on any atom is -0.350 e. The predicted molar refractivity (Wildman–Crippen MR) is 78.7 cm³/mol. The highest BCUT2D eigenvalue weighted by atomic mass is 127. The Kier molecular flexibility index (Phi) is 4.60. The van der Waals surface area contributed by atoms with Gasteiger partial charge in [-0.2, -0.15) is 0 Å². The molecule has 0 bridgehead atoms. The number of imidazole rings is 1. The quantitative estimate of drug-likeness (QED) is 0.835. The van der Waals surface area contributed by atoms with Crippen LogP contribution in [0.4, 0.5) is 0 Å². The van der Waals surface area contributed by atoms with E-state index in [-0.39, 0.29) is 5.91 Å². The third-order valence-corrected chi connectivity index (χ3v) is 3.56. The standard InChI is InChI=1S/C12H11ClIN3O/c13-9-1-2-11(14)10(7-9)12(18)16-4-6-17-5-3-15-8-17/h1-3,5,7-8H,4,6H2,(H,16,18). The van der Waals surface area contributed by atoms with E-state index >= 15 is 0 Å². The molecule has 0 unspecified atom stereocenters. The molecule has 0 radical (unpaired) electrons. The Morgan fingerprint density at radius 2 is 2.33 bits per heavy atom. The van der Waals surface area contributed by atoms with E-state index in [0.29, 0.717) is 23.7 Å². The molecule has 0 aliphatic carbocycles. The maximum Gasteiger partial charge on any atom is 0.252 e. The van der Waals surface area contributed by atoms with Crippen LogP contribution in [-0.4, -0.2) is 22.0 Å². The van der Waals surface area contributed by atoms with Crippen LogP contribution < -0.4 is 5.32 Å². The lowest BCUT2D eigenvalue weighted by molar-refractivity contribution is 0.0951. The van der Waals surface area contributed by atoms with Crippen LogP contribution in [-0.2, 0) is 6.54 Å². The Bertz CT molecular complexity index is 542. The molecule has 6 heteroatoms. The second-order valence-corrected chi connectivity index (χ2v) is 5.28. The number of benzene rings is 1. The second kappa shape index (κ2) is 6.19. The topological polar surface area (TPSA) is 46.9 Å². The molecule has 94 valence electrons. The molecular weight excluding hydrogens is 365 g/mol. The third kappa shape index (κ3) is 3.46. The molecule has 0 saturated heterocycles. The Balaban J connectivity index is 1.93. The summed E-state index contributed by atoms with van der Waals surface area (Å²) in [5.74, 6) is -0.109. The van der Waals surface area contributed by atoms with Gasteiger partial charge in [0.1, 0.15) is 0 Å². The van der Waals surface area contributed by atoms with E-state index < -0.39 is 0 Å². The van der Waals surface area contributed by atoms with Gasteiger partial charge in [0, 0.05) is 34.1 Å². The van der Waals surface area contributed by atoms with E-state index in [1.54, 1.807) is 24.7 Å². The van der Waals surface area contributed by atoms with Crippen molar-refractivity contribution in [3.8, 4) is 0 Å². The zero-order valence-corrected chi connectivity index (χ0v) is 12.4. The molecule has 1 amide bonds. The van der Waals surface area contributed by atoms with Gasteiger partial charge in [-0.05, 0) is 40.8 Å². The summed E-state index contributed by atoms with van der Waals surface area (Å²) in [7, 11) is 0. The van der Waals surface area contributed by atoms with Gasteiger partial charge < -0.3 is 9.88 Å². The Morgan fingerprint density at radius 1 is 1.50 bits per heavy atom. The van der Waals surface area contributed by atoms with Crippen LogP contribution in [0.25, 0.3) is 0 Å². The fourth-order valence-electron chi connectivity index (χ4n) is 1.48. The molecule has 1 aromatic carbocycles. The number of aromatic nitrogens is 2. The number of carbonyl (C=O) groups is 1. The highest BCUT2D eigenvalue weighted by Crippen LogP contribution is 2.17. The number of hydrogen-bond donors (Lipinski definition) is 1. The molecule has 2 rings (SSSR count). The SMILES string of the molecule is O=C(NCCn1ccnc1)c1cc(Cl)ccc1I. The van der Waals surface area contributed by atoms with Gasteiger partial charge in [0.15, 0.2) is 0 Å². The predicted octanol–water partition coefficient (Wildman–Crippen LogP) is 2.57. The maximum atomic E-state index is 11.9. The fourth-order valence-corrected chi connectivity index (χ4v) is 2.24. The number of nitrogens with zero attached hydrogens (tertiary/aromatic N) is 2. The largest absolute Gasteiger partial charge is 0.350 e. The number of halogens is 2. The average molecular weight is 376 g/mol. The van der Waals surface area contributed by atoms with Crippen LogP contribution in [0, 0.1) is 3.57 Å². The number of nitrogens with one attached hydrogen (secondary N) is 1. The van der Waals surface area contributed by atoms with E-state index in [2.05, 4.69) is 32.9 Å². The summed E-state index contributed by atoms with van der Waals surface area (Å²) in [6.07, 6.45) is 5.28. The molecule has 0 saturated carbocycles. The van der Waals surface area contributed by atoms with E-state index in [1.165, 1.54) is 0 Å². The molecule has 18 heavy (non-hydrogen) atoms. The van der Waals surface area contributed by atoms with Crippen molar-refractivity contribution in [1.82, 2.24) is 14.9 Å². The number of rotatable bonds is 4. The molecule has 1 aromatic heterocycles. The van der Waals surface area contributed by atoms with Crippen LogP contribution in [0.5, 0.6) is 0 Å². The van der Waals surface area contributed by atoms with Gasteiger partial charge in [0.05, 0.1) is 11.9 Å². The van der Waals surface area contributed by atoms with Crippen LogP contribution in [0.1, 0.15) is 10.4 Å². The van der Waals surface area contributed by atoms with E-state index in [4.69, 9.17) is 11.6 Å². The first-order chi connectivity index (χ1) is 8.66. The van der Waals surface area contributed by atoms with Crippen LogP contribution in [0.2, 0.25) is 5.02 Å². The van der Waals surface area contributed by atoms with Gasteiger partial charge in [0.2, 0.25) is 0 Å². The van der Waals surface area contributed by atoms with Crippen molar-refractivity contribution in [2.24, 2.45) is 0 Å². The lowest BCUT2D eigenvalue weighted by Gasteiger charge is -2.07. The molecule has 0 aliphatic rings. The van der Waals surface area contributed by atoms with E-state index in [1.807, 2.05) is 16.8 Å². The molecule has 1 heterocycles. The molecule has 4 nitrogen and oxygen atoms in total. The molecular formula is C12H11ClIN3O. The molecule has 0 aliphatic heterocycles. The molecule has 0 atom stereocenters. The van der Waals surface area contributed by atoms with Crippen molar-refractivity contribution in [3.63, 3.8) is 0 Å². The van der Waals surface area contributed by atoms with Gasteiger partial charge in [-0.25, -0.2) is 4.98 Å². The summed E-state index contributed by atoms with van der Waals surface area (Å²) < 4.78 is 2.79. The number of carbonyl (C=O) groups excluding carboxylic acids is 1. The van der Waals surface area contributed by atoms with Crippen LogP contribution in [0.15, 0.2) is 36.9 Å². The summed E-state index contributed by atoms with van der Waals surface area (Å²) in [5.41, 5.74) is 0.605. The van der Waals surface area contributed by atoms with Crippen molar-refractivity contribution < 1.29 is 4.79 Å². The minimum atomic E-state index is -0.109. The maximum absolute atomic E-state index is 11.9. The Labute approximate surface area is 123 Å². The first-order valence-corrected chi connectivity index (χ1v) is 6.81. The first-order valence-electron chi connectivity index (χ1n) is 5.36. The van der Waals surface area contributed by atoms with Crippen molar-refractivity contribution in [3.05, 3.63) is 51.1 Å². The lowest BCUT2D eigenvalue weighted by Crippen LogP contribution is -2.27. The smallest absolute Gasteiger partial charge is 0.252 e. The number of amides is 1. The Morgan fingerprint density at radius 3 is 3.06 bits per heavy atom. The summed E-state index contributed by atoms with van der Waals surface area (Å²) in [4.78, 5) is 15.9. The third-order valence-electron chi connectivity index (χ3n) is 2.39. The summed E-state index contributed by atoms with van der Waals surface area (Å²) >= 11 is 8.00. The minimum absolute atomic E-state index is 0.109. The van der Waals surface area contributed by atoms with Crippen molar-refractivity contribution >= 4 is 40.1 Å². The van der Waals surface area contributed by atoms with E-state index in [0.717, 1.165) is 3.57 Å². The zero-order chi connectivity index (χ0) is 13.0. The second-order valence-electron chi connectivity index (χ2n) is 3.68. The van der Waals surface area contributed by atoms with Gasteiger partial charge in [-0.15, -0.1) is 0 Å². The van der Waals surface area contributed by atoms with Gasteiger partial charge in [-0.3, -0.25) is 4.79 Å². The first kappa shape index (κ1) is 13.4. The summed E-state index contributed by atoms with van der Waals surface area (Å²) in [6, 6.07) is 5.27. The molecule has 1 N–H and O–H groups in total. The zero-order valence-electron chi connectivity index (χ0n) is 9.44. The monoisotopic (exact) mass is 375 g/mol. The van der Waals surface area contributed by atoms with Gasteiger partial charge in [-0.1, -0.05) is 11.6 Å². The highest BCUT2D eigenvalue weighted by Gasteiger charge is 2.09. The van der Waals surface area contributed by atoms with Gasteiger partial charge >= 0.3 is 0 Å². The fraction of sp³-hybridized carbons (Fsp3) is 0.167. The summed E-state index contributed by atoms with van der Waals surface area (Å²) in [6.45, 7) is 1.25. The Hall–Kier alpha value is -1.08. The van der Waals surface area contributed by atoms with Crippen LogP contribution in [0.3, 0.4) is 0 Å².